The van der Waals surface area contributed by atoms with E-state index in [1.54, 1.807) is 6.20 Å². The maximum absolute atomic E-state index is 12.4. The molecule has 2 bridgehead atoms. The number of aromatic nitrogens is 1. The average molecular weight is 320 g/mol. The van der Waals surface area contributed by atoms with Crippen LogP contribution in [-0.4, -0.2) is 38.9 Å². The normalized spacial score (nSPS) is 27.8. The number of rotatable bonds is 2. The Balaban J connectivity index is 1.63. The molecule has 1 unspecified atom stereocenters. The predicted octanol–water partition coefficient (Wildman–Crippen LogP) is 4.10. The standard InChI is InChI=1S/C17H24N2O2S/c1-17(2,3)21-16(20)19-12-6-7-13(19)10-15(9-12)22-14-5-4-8-18-11-14/h4-5,8,11-13,15H,6-7,9-10H2,1-3H3/t12-,13+,15?. The third-order valence-electron chi connectivity index (χ3n) is 4.23. The first kappa shape index (κ1) is 15.7. The lowest BCUT2D eigenvalue weighted by Crippen LogP contribution is -2.49. The lowest BCUT2D eigenvalue weighted by Gasteiger charge is -2.39. The molecule has 1 amide bonds. The number of nitrogens with zero attached hydrogens (tertiary/aromatic N) is 2. The number of carbonyl (C=O) groups excluding carboxylic acids is 1. The van der Waals surface area contributed by atoms with Gasteiger partial charge in [0.25, 0.3) is 0 Å². The second-order valence-electron chi connectivity index (χ2n) is 7.17. The molecule has 22 heavy (non-hydrogen) atoms. The fraction of sp³-hybridized carbons (Fsp3) is 0.647. The Labute approximate surface area is 136 Å². The SMILES string of the molecule is CC(C)(C)OC(=O)N1[C@@H]2CC[C@H]1CC(Sc1cccnc1)C2. The maximum atomic E-state index is 12.4. The van der Waals surface area contributed by atoms with Crippen molar-refractivity contribution in [2.75, 3.05) is 0 Å². The summed E-state index contributed by atoms with van der Waals surface area (Å²) < 4.78 is 5.58. The van der Waals surface area contributed by atoms with E-state index in [2.05, 4.69) is 11.1 Å². The molecule has 5 heteroatoms. The number of piperidine rings is 1. The average Bonchev–Trinajstić information content (AvgIpc) is 2.70. The number of fused-ring (bicyclic) bond motifs is 2. The summed E-state index contributed by atoms with van der Waals surface area (Å²) in [4.78, 5) is 19.8. The van der Waals surface area contributed by atoms with Crippen LogP contribution in [0.5, 0.6) is 0 Å². The molecule has 2 saturated heterocycles. The number of ether oxygens (including phenoxy) is 1. The van der Waals surface area contributed by atoms with Crippen LogP contribution in [0.15, 0.2) is 29.4 Å². The number of amides is 1. The Morgan fingerprint density at radius 2 is 2.00 bits per heavy atom. The van der Waals surface area contributed by atoms with Crippen molar-refractivity contribution < 1.29 is 9.53 Å². The zero-order chi connectivity index (χ0) is 15.7. The molecule has 3 heterocycles. The molecule has 0 N–H and O–H groups in total. The summed E-state index contributed by atoms with van der Waals surface area (Å²) in [6.45, 7) is 5.79. The second-order valence-corrected chi connectivity index (χ2v) is 8.55. The Morgan fingerprint density at radius 1 is 1.32 bits per heavy atom. The van der Waals surface area contributed by atoms with Gasteiger partial charge in [-0.25, -0.2) is 4.79 Å². The Morgan fingerprint density at radius 3 is 2.55 bits per heavy atom. The van der Waals surface area contributed by atoms with Crippen LogP contribution < -0.4 is 0 Å². The largest absolute Gasteiger partial charge is 0.444 e. The molecular formula is C17H24N2O2S. The van der Waals surface area contributed by atoms with Crippen molar-refractivity contribution in [2.24, 2.45) is 0 Å². The van der Waals surface area contributed by atoms with E-state index in [0.717, 1.165) is 25.7 Å². The highest BCUT2D eigenvalue weighted by Gasteiger charge is 2.44. The Hall–Kier alpha value is -1.23. The number of thioether (sulfide) groups is 1. The van der Waals surface area contributed by atoms with Gasteiger partial charge in [-0.2, -0.15) is 0 Å². The third kappa shape index (κ3) is 3.57. The van der Waals surface area contributed by atoms with E-state index in [0.29, 0.717) is 17.3 Å². The summed E-state index contributed by atoms with van der Waals surface area (Å²) in [7, 11) is 0. The van der Waals surface area contributed by atoms with E-state index in [9.17, 15) is 4.79 Å². The van der Waals surface area contributed by atoms with Crippen molar-refractivity contribution >= 4 is 17.9 Å². The van der Waals surface area contributed by atoms with E-state index in [1.165, 1.54) is 4.90 Å². The second kappa shape index (κ2) is 6.11. The zero-order valence-corrected chi connectivity index (χ0v) is 14.3. The molecule has 0 aliphatic carbocycles. The van der Waals surface area contributed by atoms with E-state index >= 15 is 0 Å². The first-order chi connectivity index (χ1) is 10.4. The Kier molecular flexibility index (Phi) is 4.35. The summed E-state index contributed by atoms with van der Waals surface area (Å²) >= 11 is 1.90. The minimum absolute atomic E-state index is 0.134. The molecule has 0 radical (unpaired) electrons. The van der Waals surface area contributed by atoms with Crippen LogP contribution in [0.1, 0.15) is 46.5 Å². The van der Waals surface area contributed by atoms with Crippen LogP contribution in [0.4, 0.5) is 4.79 Å². The molecule has 2 aliphatic rings. The van der Waals surface area contributed by atoms with E-state index in [-0.39, 0.29) is 6.09 Å². The molecule has 0 aromatic carbocycles. The molecule has 0 spiro atoms. The van der Waals surface area contributed by atoms with Crippen molar-refractivity contribution in [3.63, 3.8) is 0 Å². The van der Waals surface area contributed by atoms with Gasteiger partial charge in [-0.3, -0.25) is 4.98 Å². The highest BCUT2D eigenvalue weighted by Crippen LogP contribution is 2.42. The smallest absolute Gasteiger partial charge is 0.410 e. The highest BCUT2D eigenvalue weighted by molar-refractivity contribution is 8.00. The molecule has 1 aromatic heterocycles. The molecule has 3 rings (SSSR count). The number of carbonyl (C=O) groups is 1. The Bertz CT molecular complexity index is 515. The van der Waals surface area contributed by atoms with Crippen molar-refractivity contribution in [1.29, 1.82) is 0 Å². The van der Waals surface area contributed by atoms with Gasteiger partial charge in [0, 0.05) is 34.6 Å². The van der Waals surface area contributed by atoms with Crippen LogP contribution in [0, 0.1) is 0 Å². The minimum atomic E-state index is -0.419. The van der Waals surface area contributed by atoms with Crippen molar-refractivity contribution in [3.05, 3.63) is 24.5 Å². The van der Waals surface area contributed by atoms with Gasteiger partial charge >= 0.3 is 6.09 Å². The van der Waals surface area contributed by atoms with Crippen molar-refractivity contribution in [2.45, 2.75) is 74.3 Å². The molecule has 0 saturated carbocycles. The fourth-order valence-corrected chi connectivity index (χ4v) is 4.75. The van der Waals surface area contributed by atoms with E-state index in [1.807, 2.05) is 49.7 Å². The van der Waals surface area contributed by atoms with Gasteiger partial charge in [-0.1, -0.05) is 0 Å². The summed E-state index contributed by atoms with van der Waals surface area (Å²) in [6, 6.07) is 4.76. The highest BCUT2D eigenvalue weighted by atomic mass is 32.2. The molecule has 4 nitrogen and oxygen atoms in total. The summed E-state index contributed by atoms with van der Waals surface area (Å²) in [5, 5.41) is 0.570. The van der Waals surface area contributed by atoms with Crippen LogP contribution >= 0.6 is 11.8 Å². The molecule has 2 fully saturated rings. The molecular weight excluding hydrogens is 296 g/mol. The van der Waals surface area contributed by atoms with E-state index < -0.39 is 5.60 Å². The molecule has 3 atom stereocenters. The lowest BCUT2D eigenvalue weighted by molar-refractivity contribution is 0.00842. The zero-order valence-electron chi connectivity index (χ0n) is 13.5. The first-order valence-electron chi connectivity index (χ1n) is 8.00. The maximum Gasteiger partial charge on any atom is 0.410 e. The topological polar surface area (TPSA) is 42.4 Å². The van der Waals surface area contributed by atoms with Gasteiger partial charge < -0.3 is 9.64 Å². The lowest BCUT2D eigenvalue weighted by atomic mass is 10.0. The summed E-state index contributed by atoms with van der Waals surface area (Å²) in [5.74, 6) is 0. The minimum Gasteiger partial charge on any atom is -0.444 e. The van der Waals surface area contributed by atoms with Crippen LogP contribution in [0.25, 0.3) is 0 Å². The number of pyridine rings is 1. The van der Waals surface area contributed by atoms with Crippen molar-refractivity contribution in [3.8, 4) is 0 Å². The first-order valence-corrected chi connectivity index (χ1v) is 8.88. The predicted molar refractivity (Wildman–Crippen MR) is 88.0 cm³/mol. The van der Waals surface area contributed by atoms with Gasteiger partial charge in [0.2, 0.25) is 0 Å². The van der Waals surface area contributed by atoms with Gasteiger partial charge in [-0.05, 0) is 58.6 Å². The monoisotopic (exact) mass is 320 g/mol. The van der Waals surface area contributed by atoms with Gasteiger partial charge in [-0.15, -0.1) is 11.8 Å². The van der Waals surface area contributed by atoms with Crippen LogP contribution in [-0.2, 0) is 4.74 Å². The van der Waals surface area contributed by atoms with Crippen LogP contribution in [0.3, 0.4) is 0 Å². The van der Waals surface area contributed by atoms with Gasteiger partial charge in [0.1, 0.15) is 5.60 Å². The molecule has 2 aliphatic heterocycles. The fourth-order valence-electron chi connectivity index (χ4n) is 3.45. The van der Waals surface area contributed by atoms with Gasteiger partial charge in [0.15, 0.2) is 0 Å². The van der Waals surface area contributed by atoms with Crippen LogP contribution in [0.2, 0.25) is 0 Å². The number of hydrogen-bond donors (Lipinski definition) is 0. The third-order valence-corrected chi connectivity index (χ3v) is 5.46. The molecule has 120 valence electrons. The van der Waals surface area contributed by atoms with Gasteiger partial charge in [0.05, 0.1) is 0 Å². The van der Waals surface area contributed by atoms with Crippen molar-refractivity contribution in [1.82, 2.24) is 9.88 Å². The molecule has 1 aromatic rings. The van der Waals surface area contributed by atoms with E-state index in [4.69, 9.17) is 4.74 Å². The quantitative estimate of drug-likeness (QED) is 0.822. The number of hydrogen-bond acceptors (Lipinski definition) is 4. The summed E-state index contributed by atoms with van der Waals surface area (Å²) in [6.07, 6.45) is 7.91. The summed E-state index contributed by atoms with van der Waals surface area (Å²) in [5.41, 5.74) is -0.419.